The molecule has 4 nitrogen and oxygen atoms in total. The average Bonchev–Trinajstić information content (AvgIpc) is 2.43. The van der Waals surface area contributed by atoms with Crippen molar-refractivity contribution in [1.29, 1.82) is 0 Å². The van der Waals surface area contributed by atoms with Crippen LogP contribution in [0.1, 0.15) is 34.1 Å². The number of hydrogen-bond acceptors (Lipinski definition) is 4. The van der Waals surface area contributed by atoms with E-state index in [0.717, 1.165) is 45.9 Å². The normalized spacial score (nSPS) is 38.5. The number of nitrogens with one attached hydrogen (secondary N) is 1. The molecule has 3 atom stereocenters. The molecule has 0 radical (unpaired) electrons. The maximum atomic E-state index is 5.96. The number of nitrogens with zero attached hydrogens (tertiary/aromatic N) is 2. The molecular formula is C15H31N3O. The third-order valence-corrected chi connectivity index (χ3v) is 4.89. The number of likely N-dealkylation sites (N-methyl/N-ethyl adjacent to an activating group) is 1. The van der Waals surface area contributed by atoms with Crippen LogP contribution in [-0.2, 0) is 4.74 Å². The summed E-state index contributed by atoms with van der Waals surface area (Å²) in [6, 6.07) is 0.611. The highest BCUT2D eigenvalue weighted by molar-refractivity contribution is 4.94. The smallest absolute Gasteiger partial charge is 0.0829 e. The molecular weight excluding hydrogens is 238 g/mol. The van der Waals surface area contributed by atoms with Gasteiger partial charge in [0.1, 0.15) is 0 Å². The Labute approximate surface area is 118 Å². The third kappa shape index (κ3) is 3.91. The van der Waals surface area contributed by atoms with Gasteiger partial charge in [0.2, 0.25) is 0 Å². The van der Waals surface area contributed by atoms with Gasteiger partial charge in [0.15, 0.2) is 0 Å². The van der Waals surface area contributed by atoms with Gasteiger partial charge in [0.05, 0.1) is 12.7 Å². The Hall–Kier alpha value is -0.160. The molecule has 0 saturated carbocycles. The first-order valence-electron chi connectivity index (χ1n) is 7.89. The van der Waals surface area contributed by atoms with Crippen molar-refractivity contribution in [2.45, 2.75) is 51.8 Å². The van der Waals surface area contributed by atoms with E-state index in [2.05, 4.69) is 42.8 Å². The molecule has 0 bridgehead atoms. The molecule has 2 aliphatic heterocycles. The zero-order valence-electron chi connectivity index (χ0n) is 13.1. The lowest BCUT2D eigenvalue weighted by molar-refractivity contribution is -0.0548. The Bertz CT molecular complexity index is 287. The number of piperazine rings is 1. The predicted molar refractivity (Wildman–Crippen MR) is 79.6 cm³/mol. The SMILES string of the molecule is CCN1CCOC(CN2CC(C)(CC)NCC2C)C1. The monoisotopic (exact) mass is 269 g/mol. The standard InChI is InChI=1S/C15H31N3O/c1-5-15(4)12-18(13(3)9-16-15)11-14-10-17(6-2)7-8-19-14/h13-14,16H,5-12H2,1-4H3. The Morgan fingerprint density at radius 2 is 2.16 bits per heavy atom. The van der Waals surface area contributed by atoms with Crippen LogP contribution < -0.4 is 5.32 Å². The van der Waals surface area contributed by atoms with Gasteiger partial charge in [-0.25, -0.2) is 0 Å². The molecule has 0 aromatic heterocycles. The maximum Gasteiger partial charge on any atom is 0.0829 e. The quantitative estimate of drug-likeness (QED) is 0.829. The van der Waals surface area contributed by atoms with Gasteiger partial charge in [-0.2, -0.15) is 0 Å². The zero-order chi connectivity index (χ0) is 13.9. The average molecular weight is 269 g/mol. The highest BCUT2D eigenvalue weighted by Gasteiger charge is 2.34. The molecule has 2 rings (SSSR count). The highest BCUT2D eigenvalue weighted by Crippen LogP contribution is 2.20. The summed E-state index contributed by atoms with van der Waals surface area (Å²) >= 11 is 0. The van der Waals surface area contributed by atoms with Crippen molar-refractivity contribution in [3.63, 3.8) is 0 Å². The lowest BCUT2D eigenvalue weighted by Gasteiger charge is -2.46. The van der Waals surface area contributed by atoms with Crippen molar-refractivity contribution < 1.29 is 4.74 Å². The zero-order valence-corrected chi connectivity index (χ0v) is 13.1. The van der Waals surface area contributed by atoms with Crippen LogP contribution in [0.25, 0.3) is 0 Å². The van der Waals surface area contributed by atoms with Crippen molar-refractivity contribution in [3.05, 3.63) is 0 Å². The molecule has 4 heteroatoms. The second kappa shape index (κ2) is 6.53. The molecule has 2 fully saturated rings. The molecule has 2 saturated heterocycles. The second-order valence-electron chi connectivity index (χ2n) is 6.46. The molecule has 19 heavy (non-hydrogen) atoms. The molecule has 0 aromatic carbocycles. The fourth-order valence-electron chi connectivity index (χ4n) is 3.10. The highest BCUT2D eigenvalue weighted by atomic mass is 16.5. The fourth-order valence-corrected chi connectivity index (χ4v) is 3.10. The van der Waals surface area contributed by atoms with E-state index >= 15 is 0 Å². The molecule has 112 valence electrons. The summed E-state index contributed by atoms with van der Waals surface area (Å²) in [4.78, 5) is 5.11. The van der Waals surface area contributed by atoms with Gasteiger partial charge < -0.3 is 10.1 Å². The Kier molecular flexibility index (Phi) is 5.23. The van der Waals surface area contributed by atoms with Gasteiger partial charge >= 0.3 is 0 Å². The predicted octanol–water partition coefficient (Wildman–Crippen LogP) is 1.17. The van der Waals surface area contributed by atoms with Crippen LogP contribution in [0.3, 0.4) is 0 Å². The minimum atomic E-state index is 0.269. The summed E-state index contributed by atoms with van der Waals surface area (Å²) in [6.45, 7) is 16.7. The van der Waals surface area contributed by atoms with E-state index in [1.807, 2.05) is 0 Å². The van der Waals surface area contributed by atoms with E-state index in [1.54, 1.807) is 0 Å². The molecule has 0 aliphatic carbocycles. The minimum Gasteiger partial charge on any atom is -0.374 e. The number of ether oxygens (including phenoxy) is 1. The molecule has 3 unspecified atom stereocenters. The van der Waals surface area contributed by atoms with Crippen molar-refractivity contribution in [2.24, 2.45) is 0 Å². The van der Waals surface area contributed by atoms with Crippen molar-refractivity contribution >= 4 is 0 Å². The lowest BCUT2D eigenvalue weighted by Crippen LogP contribution is -2.63. The lowest BCUT2D eigenvalue weighted by atomic mass is 9.93. The fraction of sp³-hybridized carbons (Fsp3) is 1.00. The van der Waals surface area contributed by atoms with Crippen LogP contribution in [0.15, 0.2) is 0 Å². The second-order valence-corrected chi connectivity index (χ2v) is 6.46. The van der Waals surface area contributed by atoms with Crippen LogP contribution in [0.4, 0.5) is 0 Å². The molecule has 0 amide bonds. The topological polar surface area (TPSA) is 27.7 Å². The van der Waals surface area contributed by atoms with E-state index < -0.39 is 0 Å². The summed E-state index contributed by atoms with van der Waals surface area (Å²) in [5.74, 6) is 0. The summed E-state index contributed by atoms with van der Waals surface area (Å²) < 4.78 is 5.96. The summed E-state index contributed by atoms with van der Waals surface area (Å²) in [5, 5.41) is 3.69. The Balaban J connectivity index is 1.89. The summed E-state index contributed by atoms with van der Waals surface area (Å²) in [7, 11) is 0. The van der Waals surface area contributed by atoms with Crippen LogP contribution in [0, 0.1) is 0 Å². The summed E-state index contributed by atoms with van der Waals surface area (Å²) in [6.07, 6.45) is 1.57. The largest absolute Gasteiger partial charge is 0.374 e. The summed E-state index contributed by atoms with van der Waals surface area (Å²) in [5.41, 5.74) is 0.269. The van der Waals surface area contributed by atoms with Gasteiger partial charge in [0, 0.05) is 44.3 Å². The Morgan fingerprint density at radius 3 is 2.84 bits per heavy atom. The molecule has 0 aromatic rings. The first-order chi connectivity index (χ1) is 9.06. The van der Waals surface area contributed by atoms with Gasteiger partial charge in [-0.3, -0.25) is 9.80 Å². The minimum absolute atomic E-state index is 0.269. The van der Waals surface area contributed by atoms with E-state index in [9.17, 15) is 0 Å². The van der Waals surface area contributed by atoms with Gasteiger partial charge in [0.25, 0.3) is 0 Å². The van der Waals surface area contributed by atoms with E-state index in [4.69, 9.17) is 4.74 Å². The molecule has 1 N–H and O–H groups in total. The number of hydrogen-bond donors (Lipinski definition) is 1. The van der Waals surface area contributed by atoms with E-state index in [0.29, 0.717) is 12.1 Å². The van der Waals surface area contributed by atoms with Crippen LogP contribution in [0.5, 0.6) is 0 Å². The Morgan fingerprint density at radius 1 is 1.37 bits per heavy atom. The van der Waals surface area contributed by atoms with Gasteiger partial charge in [-0.15, -0.1) is 0 Å². The van der Waals surface area contributed by atoms with Gasteiger partial charge in [-0.1, -0.05) is 13.8 Å². The first-order valence-corrected chi connectivity index (χ1v) is 7.89. The first kappa shape index (κ1) is 15.2. The van der Waals surface area contributed by atoms with Crippen molar-refractivity contribution in [3.8, 4) is 0 Å². The van der Waals surface area contributed by atoms with Gasteiger partial charge in [-0.05, 0) is 26.8 Å². The number of rotatable bonds is 4. The number of morpholine rings is 1. The van der Waals surface area contributed by atoms with Crippen LogP contribution >= 0.6 is 0 Å². The van der Waals surface area contributed by atoms with Crippen LogP contribution in [0.2, 0.25) is 0 Å². The van der Waals surface area contributed by atoms with E-state index in [-0.39, 0.29) is 5.54 Å². The molecule has 2 heterocycles. The molecule has 2 aliphatic rings. The van der Waals surface area contributed by atoms with Crippen molar-refractivity contribution in [2.75, 3.05) is 45.9 Å². The maximum absolute atomic E-state index is 5.96. The molecule has 0 spiro atoms. The van der Waals surface area contributed by atoms with E-state index in [1.165, 1.54) is 6.42 Å². The van der Waals surface area contributed by atoms with Crippen molar-refractivity contribution in [1.82, 2.24) is 15.1 Å². The third-order valence-electron chi connectivity index (χ3n) is 4.89. The van der Waals surface area contributed by atoms with Crippen LogP contribution in [-0.4, -0.2) is 73.4 Å².